The fourth-order valence-electron chi connectivity index (χ4n) is 3.96. The number of benzene rings is 2. The molecule has 0 aliphatic carbocycles. The molecule has 1 aliphatic rings. The van der Waals surface area contributed by atoms with E-state index in [1.165, 1.54) is 6.92 Å². The van der Waals surface area contributed by atoms with Gasteiger partial charge in [0.2, 0.25) is 0 Å². The molecular formula is C26H31N3O5S. The molecule has 1 fully saturated rings. The smallest absolute Gasteiger partial charge is 0.264 e. The van der Waals surface area contributed by atoms with Crippen molar-refractivity contribution in [3.63, 3.8) is 0 Å². The van der Waals surface area contributed by atoms with Crippen LogP contribution in [0.3, 0.4) is 0 Å². The Balaban J connectivity index is 1.45. The summed E-state index contributed by atoms with van der Waals surface area (Å²) in [7, 11) is -3.75. The molecule has 1 saturated heterocycles. The van der Waals surface area contributed by atoms with Gasteiger partial charge in [-0.2, -0.15) is 5.10 Å². The minimum Gasteiger partial charge on any atom is -0.350 e. The molecule has 9 heteroatoms. The van der Waals surface area contributed by atoms with Crippen LogP contribution in [0.25, 0.3) is 23.1 Å². The fourth-order valence-corrected chi connectivity index (χ4v) is 4.80. The lowest BCUT2D eigenvalue weighted by atomic mass is 10.1. The predicted molar refractivity (Wildman–Crippen MR) is 136 cm³/mol. The molecule has 2 aromatic carbocycles. The van der Waals surface area contributed by atoms with Crippen LogP contribution in [0, 0.1) is 0 Å². The highest BCUT2D eigenvalue weighted by atomic mass is 32.2. The number of fused-ring (bicyclic) bond motifs is 1. The summed E-state index contributed by atoms with van der Waals surface area (Å²) < 4.78 is 30.7. The highest BCUT2D eigenvalue weighted by Gasteiger charge is 2.44. The molecule has 0 radical (unpaired) electrons. The molecule has 0 bridgehead atoms. The summed E-state index contributed by atoms with van der Waals surface area (Å²) in [4.78, 5) is 18.2. The van der Waals surface area contributed by atoms with Crippen molar-refractivity contribution in [2.24, 2.45) is 0 Å². The first-order valence-corrected chi connectivity index (χ1v) is 13.6. The van der Waals surface area contributed by atoms with Crippen molar-refractivity contribution in [1.29, 1.82) is 0 Å². The summed E-state index contributed by atoms with van der Waals surface area (Å²) in [6.45, 7) is 2.22. The number of hydroxylamine groups is 1. The van der Waals surface area contributed by atoms with Crippen LogP contribution in [0.1, 0.15) is 43.7 Å². The summed E-state index contributed by atoms with van der Waals surface area (Å²) in [5, 5.41) is 5.37. The molecule has 8 nitrogen and oxygen atoms in total. The van der Waals surface area contributed by atoms with Gasteiger partial charge in [-0.05, 0) is 49.4 Å². The van der Waals surface area contributed by atoms with E-state index in [0.717, 1.165) is 41.1 Å². The molecule has 0 spiro atoms. The lowest BCUT2D eigenvalue weighted by Crippen LogP contribution is -2.51. The zero-order chi connectivity index (χ0) is 24.9. The number of aromatic nitrogens is 2. The van der Waals surface area contributed by atoms with E-state index in [0.29, 0.717) is 13.0 Å². The first kappa shape index (κ1) is 25.1. The van der Waals surface area contributed by atoms with E-state index >= 15 is 0 Å². The highest BCUT2D eigenvalue weighted by molar-refractivity contribution is 7.92. The van der Waals surface area contributed by atoms with Gasteiger partial charge in [0.05, 0.1) is 11.7 Å². The van der Waals surface area contributed by atoms with Gasteiger partial charge in [0.15, 0.2) is 20.9 Å². The van der Waals surface area contributed by atoms with Crippen molar-refractivity contribution < 1.29 is 22.8 Å². The second-order valence-corrected chi connectivity index (χ2v) is 11.5. The van der Waals surface area contributed by atoms with E-state index in [4.69, 9.17) is 9.57 Å². The Hall–Kier alpha value is -3.01. The van der Waals surface area contributed by atoms with Crippen molar-refractivity contribution in [2.75, 3.05) is 12.9 Å². The number of carbonyl (C=O) groups excluding carboxylic acids is 1. The maximum atomic E-state index is 12.9. The minimum atomic E-state index is -3.75. The number of nitrogens with one attached hydrogen (secondary N) is 1. The topological polar surface area (TPSA) is 99.5 Å². The molecule has 0 saturated carbocycles. The zero-order valence-electron chi connectivity index (χ0n) is 20.0. The third-order valence-corrected chi connectivity index (χ3v) is 8.48. The average molecular weight is 498 g/mol. The number of carbonyl (C=O) groups is 1. The van der Waals surface area contributed by atoms with Gasteiger partial charge < -0.3 is 4.74 Å². The van der Waals surface area contributed by atoms with Gasteiger partial charge in [0, 0.05) is 31.2 Å². The Morgan fingerprint density at radius 3 is 2.69 bits per heavy atom. The fraction of sp³-hybridized carbons (Fsp3) is 0.385. The molecule has 35 heavy (non-hydrogen) atoms. The number of aryl methyl sites for hydroxylation is 1. The Labute approximate surface area is 205 Å². The highest BCUT2D eigenvalue weighted by Crippen LogP contribution is 2.25. The molecule has 186 valence electrons. The largest absolute Gasteiger partial charge is 0.350 e. The third-order valence-electron chi connectivity index (χ3n) is 6.45. The number of sulfone groups is 1. The monoisotopic (exact) mass is 497 g/mol. The molecule has 1 amide bonds. The van der Waals surface area contributed by atoms with Gasteiger partial charge in [-0.1, -0.05) is 48.6 Å². The molecule has 1 N–H and O–H groups in total. The second kappa shape index (κ2) is 10.7. The molecule has 2 atom stereocenters. The Morgan fingerprint density at radius 1 is 1.20 bits per heavy atom. The summed E-state index contributed by atoms with van der Waals surface area (Å²) in [5.74, 6) is -0.709. The van der Waals surface area contributed by atoms with Gasteiger partial charge in [0.25, 0.3) is 5.91 Å². The van der Waals surface area contributed by atoms with Crippen molar-refractivity contribution in [3.05, 3.63) is 65.9 Å². The van der Waals surface area contributed by atoms with Gasteiger partial charge >= 0.3 is 0 Å². The summed E-state index contributed by atoms with van der Waals surface area (Å²) in [6.07, 6.45) is 8.90. The van der Waals surface area contributed by atoms with Crippen molar-refractivity contribution >= 4 is 38.8 Å². The number of rotatable bonds is 9. The SMILES string of the molecule is C[C@](CCn1ncc2cc(C=Cc3ccccc3)ccc21)(C(=O)NOC1CCCCO1)S(C)(=O)=O. The van der Waals surface area contributed by atoms with Gasteiger partial charge in [-0.25, -0.2) is 18.7 Å². The maximum absolute atomic E-state index is 12.9. The van der Waals surface area contributed by atoms with Crippen LogP contribution in [0.2, 0.25) is 0 Å². The normalized spacial score (nSPS) is 18.5. The molecule has 1 aromatic heterocycles. The Morgan fingerprint density at radius 2 is 1.97 bits per heavy atom. The first-order valence-electron chi connectivity index (χ1n) is 11.7. The van der Waals surface area contributed by atoms with Crippen LogP contribution in [0.4, 0.5) is 0 Å². The minimum absolute atomic E-state index is 0.0407. The van der Waals surface area contributed by atoms with Gasteiger partial charge in [-0.15, -0.1) is 0 Å². The number of amides is 1. The number of nitrogens with zero attached hydrogens (tertiary/aromatic N) is 2. The van der Waals surface area contributed by atoms with Crippen LogP contribution < -0.4 is 5.48 Å². The number of hydrogen-bond acceptors (Lipinski definition) is 6. The number of ether oxygens (including phenoxy) is 1. The molecule has 2 heterocycles. The van der Waals surface area contributed by atoms with Crippen molar-refractivity contribution in [2.45, 2.75) is 50.2 Å². The zero-order valence-corrected chi connectivity index (χ0v) is 20.8. The lowest BCUT2D eigenvalue weighted by molar-refractivity contribution is -0.201. The third kappa shape index (κ3) is 5.98. The van der Waals surface area contributed by atoms with E-state index in [-0.39, 0.29) is 13.0 Å². The molecule has 3 aromatic rings. The standard InChI is InChI=1S/C26H31N3O5S/c1-26(35(2,31)32,25(30)28-34-24-10-6-7-17-33-24)15-16-29-23-14-13-21(18-22(23)19-27-29)12-11-20-8-4-3-5-9-20/h3-5,8-9,11-14,18-19,24H,6-7,10,15-17H2,1-2H3,(H,28,30)/t24?,26-/m0/s1. The van der Waals surface area contributed by atoms with E-state index in [1.54, 1.807) is 10.9 Å². The molecule has 1 aliphatic heterocycles. The van der Waals surface area contributed by atoms with Crippen LogP contribution in [0.5, 0.6) is 0 Å². The van der Waals surface area contributed by atoms with Crippen molar-refractivity contribution in [3.8, 4) is 0 Å². The van der Waals surface area contributed by atoms with E-state index < -0.39 is 26.8 Å². The van der Waals surface area contributed by atoms with E-state index in [2.05, 4.69) is 10.6 Å². The molecule has 1 unspecified atom stereocenters. The van der Waals surface area contributed by atoms with Crippen LogP contribution >= 0.6 is 0 Å². The number of hydrogen-bond donors (Lipinski definition) is 1. The first-order chi connectivity index (χ1) is 16.8. The van der Waals surface area contributed by atoms with Gasteiger partial charge in [0.1, 0.15) is 0 Å². The van der Waals surface area contributed by atoms with Crippen LogP contribution in [-0.4, -0.2) is 48.0 Å². The molecular weight excluding hydrogens is 466 g/mol. The summed E-state index contributed by atoms with van der Waals surface area (Å²) in [6, 6.07) is 16.0. The average Bonchev–Trinajstić information content (AvgIpc) is 3.27. The van der Waals surface area contributed by atoms with Crippen LogP contribution in [-0.2, 0) is 30.8 Å². The van der Waals surface area contributed by atoms with E-state index in [1.807, 2.05) is 60.7 Å². The lowest BCUT2D eigenvalue weighted by Gasteiger charge is -2.28. The summed E-state index contributed by atoms with van der Waals surface area (Å²) >= 11 is 0. The quantitative estimate of drug-likeness (QED) is 0.355. The maximum Gasteiger partial charge on any atom is 0.264 e. The van der Waals surface area contributed by atoms with Crippen molar-refractivity contribution in [1.82, 2.24) is 15.3 Å². The van der Waals surface area contributed by atoms with E-state index in [9.17, 15) is 13.2 Å². The second-order valence-electron chi connectivity index (χ2n) is 9.03. The Kier molecular flexibility index (Phi) is 7.69. The van der Waals surface area contributed by atoms with Gasteiger partial charge in [-0.3, -0.25) is 9.48 Å². The molecule has 4 rings (SSSR count). The predicted octanol–water partition coefficient (Wildman–Crippen LogP) is 3.97. The Bertz CT molecular complexity index is 1300. The van der Waals surface area contributed by atoms with Crippen LogP contribution in [0.15, 0.2) is 54.7 Å². The summed E-state index contributed by atoms with van der Waals surface area (Å²) in [5.41, 5.74) is 5.33.